The van der Waals surface area contributed by atoms with Crippen LogP contribution < -0.4 is 5.73 Å². The third-order valence-corrected chi connectivity index (χ3v) is 2.96. The van der Waals surface area contributed by atoms with Gasteiger partial charge in [0.2, 0.25) is 0 Å². The van der Waals surface area contributed by atoms with E-state index in [2.05, 4.69) is 16.3 Å². The van der Waals surface area contributed by atoms with Crippen molar-refractivity contribution in [1.29, 1.82) is 0 Å². The summed E-state index contributed by atoms with van der Waals surface area (Å²) in [7, 11) is 3.76. The highest BCUT2D eigenvalue weighted by Gasteiger charge is 2.07. The molecule has 0 fully saturated rings. The topological polar surface area (TPSA) is 61.7 Å². The van der Waals surface area contributed by atoms with Crippen molar-refractivity contribution >= 4 is 16.7 Å². The van der Waals surface area contributed by atoms with Crippen LogP contribution in [0.3, 0.4) is 0 Å². The lowest BCUT2D eigenvalue weighted by atomic mass is 10.1. The molecule has 0 bridgehead atoms. The molecule has 0 spiro atoms. The summed E-state index contributed by atoms with van der Waals surface area (Å²) >= 11 is 0. The number of nitrogens with zero attached hydrogens (tertiary/aromatic N) is 4. The van der Waals surface area contributed by atoms with Gasteiger partial charge in [-0.1, -0.05) is 12.1 Å². The second-order valence-electron chi connectivity index (χ2n) is 4.12. The van der Waals surface area contributed by atoms with Gasteiger partial charge >= 0.3 is 0 Å². The molecule has 0 aliphatic heterocycles. The van der Waals surface area contributed by atoms with Crippen LogP contribution in [0.2, 0.25) is 0 Å². The molecular weight excluding hydrogens is 214 g/mol. The van der Waals surface area contributed by atoms with E-state index in [0.717, 1.165) is 22.2 Å². The van der Waals surface area contributed by atoms with Gasteiger partial charge in [-0.15, -0.1) is 0 Å². The lowest BCUT2D eigenvalue weighted by Crippen LogP contribution is -1.96. The Balaban J connectivity index is 2.20. The molecular formula is C12H13N5. The second-order valence-corrected chi connectivity index (χ2v) is 4.12. The summed E-state index contributed by atoms with van der Waals surface area (Å²) in [5.74, 6) is 0.658. The highest BCUT2D eigenvalue weighted by Crippen LogP contribution is 2.24. The fourth-order valence-corrected chi connectivity index (χ4v) is 1.93. The molecule has 5 heteroatoms. The number of nitrogens with two attached hydrogens (primary N) is 1. The Kier molecular flexibility index (Phi) is 1.95. The Bertz CT molecular complexity index is 673. The van der Waals surface area contributed by atoms with E-state index in [9.17, 15) is 0 Å². The van der Waals surface area contributed by atoms with Gasteiger partial charge in [0.15, 0.2) is 0 Å². The van der Waals surface area contributed by atoms with Gasteiger partial charge in [-0.2, -0.15) is 10.2 Å². The maximum atomic E-state index is 5.78. The summed E-state index contributed by atoms with van der Waals surface area (Å²) in [6.07, 6.45) is 1.85. The summed E-state index contributed by atoms with van der Waals surface area (Å²) in [5, 5.41) is 9.71. The molecule has 0 aliphatic rings. The zero-order chi connectivity index (χ0) is 12.0. The summed E-state index contributed by atoms with van der Waals surface area (Å²) < 4.78 is 3.52. The van der Waals surface area contributed by atoms with Crippen LogP contribution in [0, 0.1) is 0 Å². The largest absolute Gasteiger partial charge is 0.384 e. The quantitative estimate of drug-likeness (QED) is 0.686. The first kappa shape index (κ1) is 9.89. The van der Waals surface area contributed by atoms with E-state index in [1.807, 2.05) is 43.2 Å². The molecule has 1 aromatic carbocycles. The Morgan fingerprint density at radius 1 is 1.12 bits per heavy atom. The van der Waals surface area contributed by atoms with Crippen LogP contribution in [0.15, 0.2) is 30.5 Å². The van der Waals surface area contributed by atoms with Gasteiger partial charge in [0.25, 0.3) is 0 Å². The number of nitrogen functional groups attached to an aromatic ring is 1. The summed E-state index contributed by atoms with van der Waals surface area (Å²) in [6, 6.07) is 8.02. The zero-order valence-electron chi connectivity index (χ0n) is 9.75. The van der Waals surface area contributed by atoms with Crippen LogP contribution >= 0.6 is 0 Å². The molecule has 2 N–H and O–H groups in total. The number of aromatic nitrogens is 4. The minimum Gasteiger partial charge on any atom is -0.384 e. The molecule has 3 aromatic rings. The number of fused-ring (bicyclic) bond motifs is 1. The monoisotopic (exact) mass is 227 g/mol. The molecule has 5 nitrogen and oxygen atoms in total. The van der Waals surface area contributed by atoms with Crippen LogP contribution in [0.25, 0.3) is 22.2 Å². The van der Waals surface area contributed by atoms with Crippen LogP contribution in [-0.4, -0.2) is 19.6 Å². The third-order valence-electron chi connectivity index (χ3n) is 2.96. The molecule has 0 saturated heterocycles. The van der Waals surface area contributed by atoms with Gasteiger partial charge in [0.05, 0.1) is 17.4 Å². The summed E-state index contributed by atoms with van der Waals surface area (Å²) in [5.41, 5.74) is 8.80. The van der Waals surface area contributed by atoms with Crippen LogP contribution in [0.1, 0.15) is 0 Å². The molecule has 2 heterocycles. The fourth-order valence-electron chi connectivity index (χ4n) is 1.93. The lowest BCUT2D eigenvalue weighted by Gasteiger charge is -1.98. The van der Waals surface area contributed by atoms with Gasteiger partial charge in [0.1, 0.15) is 5.82 Å². The zero-order valence-corrected chi connectivity index (χ0v) is 9.75. The van der Waals surface area contributed by atoms with E-state index in [1.54, 1.807) is 4.68 Å². The minimum atomic E-state index is 0.658. The smallest absolute Gasteiger partial charge is 0.121 e. The molecule has 0 saturated carbocycles. The highest BCUT2D eigenvalue weighted by molar-refractivity contribution is 5.83. The first-order valence-electron chi connectivity index (χ1n) is 5.37. The van der Waals surface area contributed by atoms with Crippen molar-refractivity contribution < 1.29 is 0 Å². The number of rotatable bonds is 1. The predicted molar refractivity (Wildman–Crippen MR) is 67.3 cm³/mol. The standard InChI is InChI=1S/C12H13N5/c1-16-11-5-8(3-4-9(11)7-14-16)10-6-12(13)17(2)15-10/h3-7H,13H2,1-2H3. The molecule has 2 aromatic heterocycles. The van der Waals surface area contributed by atoms with Crippen LogP contribution in [-0.2, 0) is 14.1 Å². The van der Waals surface area contributed by atoms with Crippen LogP contribution in [0.4, 0.5) is 5.82 Å². The SMILES string of the molecule is Cn1nc(-c2ccc3cnn(C)c3c2)cc1N. The summed E-state index contributed by atoms with van der Waals surface area (Å²) in [4.78, 5) is 0. The molecule has 0 atom stereocenters. The fraction of sp³-hybridized carbons (Fsp3) is 0.167. The van der Waals surface area contributed by atoms with E-state index in [4.69, 9.17) is 5.73 Å². The first-order chi connectivity index (χ1) is 8.15. The number of hydrogen-bond donors (Lipinski definition) is 1. The highest BCUT2D eigenvalue weighted by atomic mass is 15.3. The van der Waals surface area contributed by atoms with Crippen molar-refractivity contribution in [3.8, 4) is 11.3 Å². The number of benzene rings is 1. The number of aryl methyl sites for hydroxylation is 2. The second kappa shape index (κ2) is 3.35. The van der Waals surface area contributed by atoms with Gasteiger partial charge in [-0.05, 0) is 6.07 Å². The van der Waals surface area contributed by atoms with Gasteiger partial charge in [0, 0.05) is 31.1 Å². The molecule has 0 amide bonds. The van der Waals surface area contributed by atoms with Crippen molar-refractivity contribution in [1.82, 2.24) is 19.6 Å². The van der Waals surface area contributed by atoms with Gasteiger partial charge < -0.3 is 5.73 Å². The number of hydrogen-bond acceptors (Lipinski definition) is 3. The Labute approximate surface area is 98.5 Å². The van der Waals surface area contributed by atoms with E-state index in [0.29, 0.717) is 5.82 Å². The van der Waals surface area contributed by atoms with Crippen molar-refractivity contribution in [3.63, 3.8) is 0 Å². The normalized spacial score (nSPS) is 11.2. The molecule has 86 valence electrons. The van der Waals surface area contributed by atoms with Crippen molar-refractivity contribution in [3.05, 3.63) is 30.5 Å². The third kappa shape index (κ3) is 1.47. The van der Waals surface area contributed by atoms with E-state index in [-0.39, 0.29) is 0 Å². The first-order valence-corrected chi connectivity index (χ1v) is 5.37. The maximum Gasteiger partial charge on any atom is 0.121 e. The molecule has 0 radical (unpaired) electrons. The van der Waals surface area contributed by atoms with Gasteiger partial charge in [-0.3, -0.25) is 9.36 Å². The van der Waals surface area contributed by atoms with Gasteiger partial charge in [-0.25, -0.2) is 0 Å². The van der Waals surface area contributed by atoms with Crippen molar-refractivity contribution in [2.45, 2.75) is 0 Å². The van der Waals surface area contributed by atoms with Crippen LogP contribution in [0.5, 0.6) is 0 Å². The van der Waals surface area contributed by atoms with E-state index < -0.39 is 0 Å². The van der Waals surface area contributed by atoms with Crippen molar-refractivity contribution in [2.24, 2.45) is 14.1 Å². The average Bonchev–Trinajstić information content (AvgIpc) is 2.84. The molecule has 0 unspecified atom stereocenters. The number of anilines is 1. The van der Waals surface area contributed by atoms with E-state index in [1.165, 1.54) is 0 Å². The van der Waals surface area contributed by atoms with E-state index >= 15 is 0 Å². The molecule has 0 aliphatic carbocycles. The molecule has 17 heavy (non-hydrogen) atoms. The minimum absolute atomic E-state index is 0.658. The van der Waals surface area contributed by atoms with Crippen molar-refractivity contribution in [2.75, 3.05) is 5.73 Å². The Morgan fingerprint density at radius 2 is 1.94 bits per heavy atom. The average molecular weight is 227 g/mol. The maximum absolute atomic E-state index is 5.78. The Hall–Kier alpha value is -2.30. The summed E-state index contributed by atoms with van der Waals surface area (Å²) in [6.45, 7) is 0. The molecule has 3 rings (SSSR count). The predicted octanol–water partition coefficient (Wildman–Crippen LogP) is 1.56. The Morgan fingerprint density at radius 3 is 2.65 bits per heavy atom. The lowest BCUT2D eigenvalue weighted by molar-refractivity contribution is 0.782.